The van der Waals surface area contributed by atoms with Gasteiger partial charge in [0.05, 0.1) is 11.3 Å². The van der Waals surface area contributed by atoms with Crippen LogP contribution in [0.2, 0.25) is 0 Å². The number of alkyl halides is 3. The average molecular weight is 367 g/mol. The first-order chi connectivity index (χ1) is 12.3. The summed E-state index contributed by atoms with van der Waals surface area (Å²) in [5.74, 6) is 0.220. The van der Waals surface area contributed by atoms with Crippen LogP contribution in [0, 0.1) is 0 Å². The highest BCUT2D eigenvalue weighted by Crippen LogP contribution is 2.26. The minimum absolute atomic E-state index is 0.0501. The number of rotatable bonds is 7. The topological polar surface area (TPSA) is 54.5 Å². The Morgan fingerprint density at radius 2 is 1.85 bits per heavy atom. The van der Waals surface area contributed by atoms with Crippen molar-refractivity contribution in [1.29, 1.82) is 0 Å². The first kappa shape index (κ1) is 19.6. The van der Waals surface area contributed by atoms with Crippen LogP contribution in [0.1, 0.15) is 24.2 Å². The molecule has 0 aliphatic rings. The van der Waals surface area contributed by atoms with Crippen LogP contribution in [0.15, 0.2) is 42.6 Å². The molecule has 0 spiro atoms. The summed E-state index contributed by atoms with van der Waals surface area (Å²) in [5.41, 5.74) is 0.459. The molecule has 0 saturated carbocycles. The maximum atomic E-state index is 12.3. The zero-order chi connectivity index (χ0) is 19.2. The van der Waals surface area contributed by atoms with Crippen molar-refractivity contribution in [2.24, 2.45) is 0 Å². The molecule has 1 amide bonds. The number of pyridine rings is 1. The van der Waals surface area contributed by atoms with Crippen LogP contribution in [0.5, 0.6) is 5.75 Å². The van der Waals surface area contributed by atoms with E-state index in [1.165, 1.54) is 24.4 Å². The van der Waals surface area contributed by atoms with Crippen molar-refractivity contribution in [3.8, 4) is 5.75 Å². The fraction of sp³-hybridized carbons (Fsp3) is 0.333. The minimum Gasteiger partial charge on any atom is -0.482 e. The van der Waals surface area contributed by atoms with Gasteiger partial charge in [0.15, 0.2) is 6.61 Å². The van der Waals surface area contributed by atoms with E-state index in [0.29, 0.717) is 5.56 Å². The number of para-hydroxylation sites is 2. The van der Waals surface area contributed by atoms with Gasteiger partial charge in [0.25, 0.3) is 5.91 Å². The summed E-state index contributed by atoms with van der Waals surface area (Å²) in [6, 6.07) is 9.31. The van der Waals surface area contributed by atoms with Gasteiger partial charge in [0.1, 0.15) is 11.6 Å². The van der Waals surface area contributed by atoms with Crippen molar-refractivity contribution in [3.63, 3.8) is 0 Å². The fourth-order valence-electron chi connectivity index (χ4n) is 2.30. The normalized spacial score (nSPS) is 11.1. The van der Waals surface area contributed by atoms with Gasteiger partial charge >= 0.3 is 6.18 Å². The number of aromatic nitrogens is 1. The Morgan fingerprint density at radius 1 is 1.15 bits per heavy atom. The first-order valence-electron chi connectivity index (χ1n) is 8.15. The SMILES string of the molecule is CCN(CC)c1ccc(C(=O)Nc2ccccc2OCC(F)(F)F)cn1. The maximum Gasteiger partial charge on any atom is 0.422 e. The molecule has 1 aromatic carbocycles. The minimum atomic E-state index is -4.46. The third-order valence-electron chi connectivity index (χ3n) is 3.62. The lowest BCUT2D eigenvalue weighted by molar-refractivity contribution is -0.153. The highest BCUT2D eigenvalue weighted by Gasteiger charge is 2.28. The molecule has 2 aromatic rings. The van der Waals surface area contributed by atoms with E-state index in [1.807, 2.05) is 18.7 Å². The summed E-state index contributed by atoms with van der Waals surface area (Å²) in [5, 5.41) is 2.55. The molecule has 1 N–H and O–H groups in total. The quantitative estimate of drug-likeness (QED) is 0.800. The first-order valence-corrected chi connectivity index (χ1v) is 8.15. The molecule has 0 aliphatic carbocycles. The smallest absolute Gasteiger partial charge is 0.422 e. The summed E-state index contributed by atoms with van der Waals surface area (Å²) in [6.07, 6.45) is -3.02. The zero-order valence-corrected chi connectivity index (χ0v) is 14.5. The zero-order valence-electron chi connectivity index (χ0n) is 14.5. The number of amides is 1. The van der Waals surface area contributed by atoms with Crippen LogP contribution >= 0.6 is 0 Å². The molecule has 1 heterocycles. The van der Waals surface area contributed by atoms with Gasteiger partial charge in [-0.05, 0) is 38.1 Å². The molecule has 0 atom stereocenters. The monoisotopic (exact) mass is 367 g/mol. The third kappa shape index (κ3) is 5.37. The number of hydrogen-bond acceptors (Lipinski definition) is 4. The second-order valence-corrected chi connectivity index (χ2v) is 5.43. The van der Waals surface area contributed by atoms with Crippen molar-refractivity contribution >= 4 is 17.4 Å². The van der Waals surface area contributed by atoms with Crippen LogP contribution in [0.3, 0.4) is 0 Å². The fourth-order valence-corrected chi connectivity index (χ4v) is 2.30. The Kier molecular flexibility index (Phi) is 6.43. The van der Waals surface area contributed by atoms with Crippen molar-refractivity contribution in [2.45, 2.75) is 20.0 Å². The van der Waals surface area contributed by atoms with Gasteiger partial charge in [-0.2, -0.15) is 13.2 Å². The number of carbonyl (C=O) groups excluding carboxylic acids is 1. The second kappa shape index (κ2) is 8.55. The summed E-state index contributed by atoms with van der Waals surface area (Å²) < 4.78 is 41.8. The van der Waals surface area contributed by atoms with Crippen LogP contribution in [-0.2, 0) is 0 Å². The lowest BCUT2D eigenvalue weighted by Gasteiger charge is -2.19. The van der Waals surface area contributed by atoms with Crippen LogP contribution in [0.4, 0.5) is 24.7 Å². The van der Waals surface area contributed by atoms with E-state index in [4.69, 9.17) is 4.74 Å². The molecule has 0 aliphatic heterocycles. The summed E-state index contributed by atoms with van der Waals surface area (Å²) in [4.78, 5) is 18.6. The Balaban J connectivity index is 2.10. The van der Waals surface area contributed by atoms with Crippen LogP contribution in [0.25, 0.3) is 0 Å². The molecular formula is C18H20F3N3O2. The third-order valence-corrected chi connectivity index (χ3v) is 3.62. The lowest BCUT2D eigenvalue weighted by atomic mass is 10.2. The highest BCUT2D eigenvalue weighted by atomic mass is 19.4. The van der Waals surface area contributed by atoms with Gasteiger partial charge in [-0.1, -0.05) is 12.1 Å². The van der Waals surface area contributed by atoms with Crippen molar-refractivity contribution in [1.82, 2.24) is 4.98 Å². The molecule has 140 valence electrons. The Hall–Kier alpha value is -2.77. The van der Waals surface area contributed by atoms with E-state index in [2.05, 4.69) is 10.3 Å². The predicted molar refractivity (Wildman–Crippen MR) is 93.7 cm³/mol. The van der Waals surface area contributed by atoms with E-state index in [9.17, 15) is 18.0 Å². The Labute approximate surface area is 149 Å². The summed E-state index contributed by atoms with van der Waals surface area (Å²) in [7, 11) is 0. The van der Waals surface area contributed by atoms with Gasteiger partial charge in [-0.25, -0.2) is 4.98 Å². The number of carbonyl (C=O) groups is 1. The number of nitrogens with one attached hydrogen (secondary N) is 1. The van der Waals surface area contributed by atoms with Gasteiger partial charge in [-0.15, -0.1) is 0 Å². The number of nitrogens with zero attached hydrogens (tertiary/aromatic N) is 2. The predicted octanol–water partition coefficient (Wildman–Crippen LogP) is 4.12. The molecule has 2 rings (SSSR count). The molecule has 26 heavy (non-hydrogen) atoms. The second-order valence-electron chi connectivity index (χ2n) is 5.43. The molecule has 5 nitrogen and oxygen atoms in total. The molecule has 0 fully saturated rings. The van der Waals surface area contributed by atoms with Gasteiger partial charge < -0.3 is 15.0 Å². The standard InChI is InChI=1S/C18H20F3N3O2/c1-3-24(4-2)16-10-9-13(11-22-16)17(25)23-14-7-5-6-8-15(14)26-12-18(19,20)21/h5-11H,3-4,12H2,1-2H3,(H,23,25). The number of benzene rings is 1. The van der Waals surface area contributed by atoms with Crippen LogP contribution in [-0.4, -0.2) is 36.8 Å². The van der Waals surface area contributed by atoms with E-state index >= 15 is 0 Å². The molecule has 0 bridgehead atoms. The number of halogens is 3. The van der Waals surface area contributed by atoms with Crippen molar-refractivity contribution in [3.05, 3.63) is 48.2 Å². The van der Waals surface area contributed by atoms with E-state index < -0.39 is 18.7 Å². The van der Waals surface area contributed by atoms with E-state index in [1.54, 1.807) is 18.2 Å². The number of hydrogen-bond donors (Lipinski definition) is 1. The molecule has 0 saturated heterocycles. The maximum absolute atomic E-state index is 12.3. The summed E-state index contributed by atoms with van der Waals surface area (Å²) >= 11 is 0. The largest absolute Gasteiger partial charge is 0.482 e. The molecule has 8 heteroatoms. The van der Waals surface area contributed by atoms with Gasteiger partial charge in [0, 0.05) is 19.3 Å². The summed E-state index contributed by atoms with van der Waals surface area (Å²) in [6.45, 7) is 4.16. The Morgan fingerprint density at radius 3 is 2.42 bits per heavy atom. The Bertz CT molecular complexity index is 729. The van der Waals surface area contributed by atoms with Gasteiger partial charge in [0.2, 0.25) is 0 Å². The van der Waals surface area contributed by atoms with Gasteiger partial charge in [-0.3, -0.25) is 4.79 Å². The van der Waals surface area contributed by atoms with Crippen LogP contribution < -0.4 is 15.0 Å². The number of anilines is 2. The molecule has 0 radical (unpaired) electrons. The lowest BCUT2D eigenvalue weighted by Crippen LogP contribution is -2.23. The molecule has 0 unspecified atom stereocenters. The highest BCUT2D eigenvalue weighted by molar-refractivity contribution is 6.04. The van der Waals surface area contributed by atoms with Crippen molar-refractivity contribution in [2.75, 3.05) is 29.9 Å². The van der Waals surface area contributed by atoms with E-state index in [0.717, 1.165) is 18.9 Å². The van der Waals surface area contributed by atoms with Crippen molar-refractivity contribution < 1.29 is 22.7 Å². The van der Waals surface area contributed by atoms with E-state index in [-0.39, 0.29) is 11.4 Å². The molecular weight excluding hydrogens is 347 g/mol. The molecule has 1 aromatic heterocycles. The average Bonchev–Trinajstić information content (AvgIpc) is 2.62. The number of ether oxygens (including phenoxy) is 1.